The molecule has 24 heavy (non-hydrogen) atoms. The first-order chi connectivity index (χ1) is 11.4. The summed E-state index contributed by atoms with van der Waals surface area (Å²) in [5.74, 6) is -0.314. The third kappa shape index (κ3) is 3.80. The minimum Gasteiger partial charge on any atom is -0.342 e. The van der Waals surface area contributed by atoms with E-state index in [1.54, 1.807) is 12.1 Å². The topological polar surface area (TPSA) is 66.8 Å². The molecule has 2 aliphatic rings. The molecule has 2 saturated heterocycles. The third-order valence-electron chi connectivity index (χ3n) is 4.13. The zero-order valence-electron chi connectivity index (χ0n) is 13.3. The van der Waals surface area contributed by atoms with Crippen molar-refractivity contribution in [3.8, 4) is 0 Å². The van der Waals surface area contributed by atoms with Gasteiger partial charge >= 0.3 is 0 Å². The minimum atomic E-state index is -3.06. The van der Waals surface area contributed by atoms with Gasteiger partial charge in [-0.15, -0.1) is 0 Å². The number of hydrogen-bond donors (Lipinski definition) is 0. The van der Waals surface area contributed by atoms with Crippen molar-refractivity contribution >= 4 is 32.7 Å². The summed E-state index contributed by atoms with van der Waals surface area (Å²) in [5.41, 5.74) is 0.859. The molecule has 2 heterocycles. The molecule has 8 heteroatoms. The summed E-state index contributed by atoms with van der Waals surface area (Å²) in [5, 5.41) is 0.492. The standard InChI is InChI=1S/C16H19FN2O3S2/c1-2-3-15(20)18-16-19(8-11-4-6-12(17)7-5-11)13-9-24(21,22)10-14(13)23-16/h4-7,13-14H,2-3,8-10H2,1H3. The van der Waals surface area contributed by atoms with Crippen LogP contribution in [0.15, 0.2) is 29.3 Å². The first-order valence-electron chi connectivity index (χ1n) is 7.87. The van der Waals surface area contributed by atoms with Gasteiger partial charge in [0.1, 0.15) is 5.82 Å². The van der Waals surface area contributed by atoms with Crippen LogP contribution in [0.4, 0.5) is 4.39 Å². The maximum atomic E-state index is 13.1. The number of sulfone groups is 1. The summed E-state index contributed by atoms with van der Waals surface area (Å²) in [6.07, 6.45) is 1.10. The van der Waals surface area contributed by atoms with E-state index in [-0.39, 0.29) is 34.5 Å². The van der Waals surface area contributed by atoms with Crippen LogP contribution in [-0.2, 0) is 21.2 Å². The number of carbonyl (C=O) groups excluding carboxylic acids is 1. The second kappa shape index (κ2) is 6.84. The number of nitrogens with zero attached hydrogens (tertiary/aromatic N) is 2. The lowest BCUT2D eigenvalue weighted by atomic mass is 10.1. The number of aliphatic imine (C=N–C) groups is 1. The lowest BCUT2D eigenvalue weighted by Crippen LogP contribution is -2.37. The van der Waals surface area contributed by atoms with E-state index in [4.69, 9.17) is 0 Å². The van der Waals surface area contributed by atoms with Crippen LogP contribution in [0, 0.1) is 5.82 Å². The second-order valence-electron chi connectivity index (χ2n) is 6.09. The molecule has 1 amide bonds. The predicted octanol–water partition coefficient (Wildman–Crippen LogP) is 2.22. The molecular formula is C16H19FN2O3S2. The molecule has 0 radical (unpaired) electrons. The van der Waals surface area contributed by atoms with Crippen molar-refractivity contribution in [3.63, 3.8) is 0 Å². The normalized spacial score (nSPS) is 26.8. The molecule has 5 nitrogen and oxygen atoms in total. The maximum Gasteiger partial charge on any atom is 0.248 e. The van der Waals surface area contributed by atoms with Crippen LogP contribution in [0.2, 0.25) is 0 Å². The van der Waals surface area contributed by atoms with Gasteiger partial charge in [-0.2, -0.15) is 4.99 Å². The summed E-state index contributed by atoms with van der Waals surface area (Å²) in [7, 11) is -3.06. The second-order valence-corrected chi connectivity index (χ2v) is 9.45. The first-order valence-corrected chi connectivity index (χ1v) is 10.6. The number of rotatable bonds is 4. The fraction of sp³-hybridized carbons (Fsp3) is 0.500. The van der Waals surface area contributed by atoms with Crippen molar-refractivity contribution in [1.29, 1.82) is 0 Å². The number of carbonyl (C=O) groups is 1. The molecule has 3 rings (SSSR count). The molecule has 1 aromatic rings. The number of hydrogen-bond acceptors (Lipinski definition) is 4. The zero-order valence-corrected chi connectivity index (χ0v) is 14.9. The van der Waals surface area contributed by atoms with E-state index in [9.17, 15) is 17.6 Å². The highest BCUT2D eigenvalue weighted by Crippen LogP contribution is 2.39. The zero-order chi connectivity index (χ0) is 17.3. The Bertz CT molecular complexity index is 762. The molecule has 130 valence electrons. The Morgan fingerprint density at radius 1 is 1.33 bits per heavy atom. The summed E-state index contributed by atoms with van der Waals surface area (Å²) in [6.45, 7) is 2.33. The molecule has 0 aromatic heterocycles. The van der Waals surface area contributed by atoms with Crippen LogP contribution in [0.25, 0.3) is 0 Å². The Labute approximate surface area is 145 Å². The van der Waals surface area contributed by atoms with Crippen LogP contribution in [-0.4, -0.2) is 47.2 Å². The first kappa shape index (κ1) is 17.4. The van der Waals surface area contributed by atoms with Crippen molar-refractivity contribution in [2.24, 2.45) is 4.99 Å². The van der Waals surface area contributed by atoms with Crippen molar-refractivity contribution in [2.75, 3.05) is 11.5 Å². The summed E-state index contributed by atoms with van der Waals surface area (Å²) in [4.78, 5) is 18.0. The van der Waals surface area contributed by atoms with Crippen LogP contribution < -0.4 is 0 Å². The van der Waals surface area contributed by atoms with Gasteiger partial charge in [0.05, 0.1) is 17.5 Å². The Balaban J connectivity index is 1.86. The lowest BCUT2D eigenvalue weighted by Gasteiger charge is -2.24. The molecule has 2 fully saturated rings. The average molecular weight is 370 g/mol. The highest BCUT2D eigenvalue weighted by atomic mass is 32.2. The maximum absolute atomic E-state index is 13.1. The van der Waals surface area contributed by atoms with Crippen molar-refractivity contribution in [3.05, 3.63) is 35.6 Å². The van der Waals surface area contributed by atoms with E-state index in [2.05, 4.69) is 4.99 Å². The van der Waals surface area contributed by atoms with Gasteiger partial charge in [-0.05, 0) is 24.1 Å². The summed E-state index contributed by atoms with van der Waals surface area (Å²) >= 11 is 1.37. The van der Waals surface area contributed by atoms with Gasteiger partial charge in [-0.1, -0.05) is 30.8 Å². The largest absolute Gasteiger partial charge is 0.342 e. The summed E-state index contributed by atoms with van der Waals surface area (Å²) < 4.78 is 36.9. The summed E-state index contributed by atoms with van der Waals surface area (Å²) in [6, 6.07) is 5.91. The molecule has 1 aromatic carbocycles. The molecule has 0 bridgehead atoms. The predicted molar refractivity (Wildman–Crippen MR) is 93.1 cm³/mol. The molecule has 2 atom stereocenters. The molecule has 2 aliphatic heterocycles. The fourth-order valence-corrected chi connectivity index (χ4v) is 6.95. The van der Waals surface area contributed by atoms with Crippen LogP contribution in [0.3, 0.4) is 0 Å². The van der Waals surface area contributed by atoms with Gasteiger partial charge in [-0.3, -0.25) is 4.79 Å². The SMILES string of the molecule is CCCC(=O)N=C1SC2CS(=O)(=O)CC2N1Cc1ccc(F)cc1. The highest BCUT2D eigenvalue weighted by Gasteiger charge is 2.48. The lowest BCUT2D eigenvalue weighted by molar-refractivity contribution is -0.117. The Kier molecular flexibility index (Phi) is 4.96. The smallest absolute Gasteiger partial charge is 0.248 e. The van der Waals surface area contributed by atoms with Crippen molar-refractivity contribution in [2.45, 2.75) is 37.6 Å². The van der Waals surface area contributed by atoms with Crippen LogP contribution >= 0.6 is 11.8 Å². The van der Waals surface area contributed by atoms with E-state index in [0.717, 1.165) is 12.0 Å². The molecule has 2 unspecified atom stereocenters. The van der Waals surface area contributed by atoms with Gasteiger partial charge in [0.2, 0.25) is 5.91 Å². The van der Waals surface area contributed by atoms with E-state index in [1.165, 1.54) is 23.9 Å². The molecule has 0 N–H and O–H groups in total. The number of amides is 1. The minimum absolute atomic E-state index is 0.0762. The highest BCUT2D eigenvalue weighted by molar-refractivity contribution is 8.15. The van der Waals surface area contributed by atoms with Crippen LogP contribution in [0.1, 0.15) is 25.3 Å². The van der Waals surface area contributed by atoms with E-state index in [0.29, 0.717) is 18.1 Å². The fourth-order valence-electron chi connectivity index (χ4n) is 2.98. The number of thioether (sulfide) groups is 1. The number of halogens is 1. The van der Waals surface area contributed by atoms with Crippen molar-refractivity contribution in [1.82, 2.24) is 4.90 Å². The number of fused-ring (bicyclic) bond motifs is 1. The van der Waals surface area contributed by atoms with E-state index >= 15 is 0 Å². The van der Waals surface area contributed by atoms with Gasteiger partial charge in [0.15, 0.2) is 15.0 Å². The monoisotopic (exact) mass is 370 g/mol. The Morgan fingerprint density at radius 3 is 2.71 bits per heavy atom. The van der Waals surface area contributed by atoms with Gasteiger partial charge < -0.3 is 4.90 Å². The Morgan fingerprint density at radius 2 is 2.04 bits per heavy atom. The van der Waals surface area contributed by atoms with Crippen molar-refractivity contribution < 1.29 is 17.6 Å². The average Bonchev–Trinajstić information content (AvgIpc) is 2.95. The Hall–Kier alpha value is -1.41. The van der Waals surface area contributed by atoms with Gasteiger partial charge in [-0.25, -0.2) is 12.8 Å². The molecule has 0 saturated carbocycles. The van der Waals surface area contributed by atoms with E-state index in [1.807, 2.05) is 11.8 Å². The molecular weight excluding hydrogens is 351 g/mol. The van der Waals surface area contributed by atoms with E-state index < -0.39 is 9.84 Å². The quantitative estimate of drug-likeness (QED) is 0.813. The number of benzene rings is 1. The molecule has 0 aliphatic carbocycles. The van der Waals surface area contributed by atoms with Crippen LogP contribution in [0.5, 0.6) is 0 Å². The third-order valence-corrected chi connectivity index (χ3v) is 7.37. The number of amidine groups is 1. The van der Waals surface area contributed by atoms with Gasteiger partial charge in [0, 0.05) is 18.2 Å². The van der Waals surface area contributed by atoms with Gasteiger partial charge in [0.25, 0.3) is 0 Å². The molecule has 0 spiro atoms.